The average molecular weight is 427 g/mol. The minimum Gasteiger partial charge on any atom is -0.309 e. The summed E-state index contributed by atoms with van der Waals surface area (Å²) in [5.41, 5.74) is 5.30. The van der Waals surface area contributed by atoms with Gasteiger partial charge in [-0.25, -0.2) is 18.7 Å². The van der Waals surface area contributed by atoms with Crippen molar-refractivity contribution in [3.05, 3.63) is 101 Å². The number of hydrogen-bond donors (Lipinski definition) is 1. The van der Waals surface area contributed by atoms with Gasteiger partial charge in [-0.1, -0.05) is 42.5 Å². The van der Waals surface area contributed by atoms with Crippen LogP contribution in [0.2, 0.25) is 0 Å². The van der Waals surface area contributed by atoms with Gasteiger partial charge in [0.15, 0.2) is 5.82 Å². The Morgan fingerprint density at radius 1 is 0.844 bits per heavy atom. The molecule has 0 spiro atoms. The molecule has 0 unspecified atom stereocenters. The summed E-state index contributed by atoms with van der Waals surface area (Å²) in [7, 11) is 0. The summed E-state index contributed by atoms with van der Waals surface area (Å²) < 4.78 is 26.9. The molecule has 0 atom stereocenters. The lowest BCUT2D eigenvalue weighted by molar-refractivity contribution is -0.115. The van der Waals surface area contributed by atoms with E-state index in [2.05, 4.69) is 5.32 Å². The summed E-state index contributed by atoms with van der Waals surface area (Å²) in [5.74, 6) is -0.497. The molecule has 0 radical (unpaired) electrons. The molecule has 4 aromatic rings. The predicted molar refractivity (Wildman–Crippen MR) is 119 cm³/mol. The molecule has 3 aromatic carbocycles. The minimum atomic E-state index is -0.346. The van der Waals surface area contributed by atoms with Gasteiger partial charge < -0.3 is 5.32 Å². The number of hydrogen-bond acceptors (Lipinski definition) is 3. The van der Waals surface area contributed by atoms with Crippen LogP contribution >= 0.6 is 0 Å². The number of rotatable bonds is 4. The van der Waals surface area contributed by atoms with Crippen LogP contribution in [-0.4, -0.2) is 15.9 Å². The van der Waals surface area contributed by atoms with E-state index in [1.54, 1.807) is 24.3 Å². The number of amides is 1. The Balaban J connectivity index is 1.54. The van der Waals surface area contributed by atoms with Crippen molar-refractivity contribution in [2.24, 2.45) is 0 Å². The van der Waals surface area contributed by atoms with Crippen molar-refractivity contribution < 1.29 is 13.6 Å². The topological polar surface area (TPSA) is 54.9 Å². The summed E-state index contributed by atoms with van der Waals surface area (Å²) in [5, 5.41) is 2.89. The fourth-order valence-corrected chi connectivity index (χ4v) is 3.96. The number of nitrogens with one attached hydrogen (secondary N) is 1. The summed E-state index contributed by atoms with van der Waals surface area (Å²) >= 11 is 0. The first-order valence-electron chi connectivity index (χ1n) is 10.4. The number of aromatic nitrogens is 2. The van der Waals surface area contributed by atoms with Crippen molar-refractivity contribution in [2.45, 2.75) is 19.3 Å². The minimum absolute atomic E-state index is 0.0926. The molecular formula is C26H19F2N3O. The maximum atomic E-state index is 13.7. The van der Waals surface area contributed by atoms with Crippen LogP contribution in [0.25, 0.3) is 22.5 Å². The first-order valence-corrected chi connectivity index (χ1v) is 10.4. The zero-order valence-corrected chi connectivity index (χ0v) is 17.1. The van der Waals surface area contributed by atoms with E-state index in [-0.39, 0.29) is 24.0 Å². The standard InChI is InChI=1S/C26H19F2N3O/c27-19-9-6-16(7-10-19)14-23(32)30-26-24(17-4-2-1-3-5-17)31-25-21-12-11-20(28)15-18(21)8-13-22(25)29-26/h1-7,9-12,15H,8,13-14H2,(H,29,30,32). The van der Waals surface area contributed by atoms with Gasteiger partial charge in [-0.05, 0) is 54.3 Å². The largest absolute Gasteiger partial charge is 0.309 e. The van der Waals surface area contributed by atoms with Gasteiger partial charge in [0.05, 0.1) is 17.8 Å². The van der Waals surface area contributed by atoms with Crippen LogP contribution in [0, 0.1) is 11.6 Å². The molecule has 6 heteroatoms. The van der Waals surface area contributed by atoms with Gasteiger partial charge in [0.2, 0.25) is 5.91 Å². The van der Waals surface area contributed by atoms with E-state index in [1.165, 1.54) is 18.2 Å². The van der Waals surface area contributed by atoms with Gasteiger partial charge in [-0.2, -0.15) is 0 Å². The van der Waals surface area contributed by atoms with Crippen LogP contribution in [0.4, 0.5) is 14.6 Å². The summed E-state index contributed by atoms with van der Waals surface area (Å²) in [6.45, 7) is 0. The fourth-order valence-electron chi connectivity index (χ4n) is 3.96. The van der Waals surface area contributed by atoms with Gasteiger partial charge in [-0.15, -0.1) is 0 Å². The van der Waals surface area contributed by atoms with E-state index >= 15 is 0 Å². The highest BCUT2D eigenvalue weighted by Gasteiger charge is 2.23. The van der Waals surface area contributed by atoms with Crippen molar-refractivity contribution >= 4 is 11.7 Å². The third-order valence-electron chi connectivity index (χ3n) is 5.50. The molecule has 32 heavy (non-hydrogen) atoms. The summed E-state index contributed by atoms with van der Waals surface area (Å²) in [6, 6.07) is 20.0. The van der Waals surface area contributed by atoms with Crippen molar-refractivity contribution in [3.8, 4) is 22.5 Å². The Morgan fingerprint density at radius 2 is 1.59 bits per heavy atom. The molecule has 5 rings (SSSR count). The summed E-state index contributed by atoms with van der Waals surface area (Å²) in [6.07, 6.45) is 1.35. The average Bonchev–Trinajstić information content (AvgIpc) is 2.80. The van der Waals surface area contributed by atoms with Crippen molar-refractivity contribution in [1.29, 1.82) is 0 Å². The number of carbonyl (C=O) groups excluding carboxylic acids is 1. The zero-order chi connectivity index (χ0) is 22.1. The van der Waals surface area contributed by atoms with E-state index in [4.69, 9.17) is 9.97 Å². The second kappa shape index (κ2) is 8.30. The van der Waals surface area contributed by atoms with E-state index in [1.807, 2.05) is 30.3 Å². The highest BCUT2D eigenvalue weighted by atomic mass is 19.1. The van der Waals surface area contributed by atoms with Crippen LogP contribution in [0.15, 0.2) is 72.8 Å². The zero-order valence-electron chi connectivity index (χ0n) is 17.1. The second-order valence-electron chi connectivity index (χ2n) is 7.74. The van der Waals surface area contributed by atoms with E-state index in [0.29, 0.717) is 35.6 Å². The molecule has 0 saturated heterocycles. The smallest absolute Gasteiger partial charge is 0.230 e. The van der Waals surface area contributed by atoms with E-state index in [0.717, 1.165) is 22.4 Å². The number of carbonyl (C=O) groups is 1. The predicted octanol–water partition coefficient (Wildman–Crippen LogP) is 5.37. The van der Waals surface area contributed by atoms with Crippen LogP contribution in [0.5, 0.6) is 0 Å². The summed E-state index contributed by atoms with van der Waals surface area (Å²) in [4.78, 5) is 22.4. The molecular weight excluding hydrogens is 408 g/mol. The number of anilines is 1. The lowest BCUT2D eigenvalue weighted by Crippen LogP contribution is -2.19. The van der Waals surface area contributed by atoms with Crippen LogP contribution < -0.4 is 5.32 Å². The SMILES string of the molecule is O=C(Cc1ccc(F)cc1)Nc1nc2c(nc1-c1ccccc1)-c1ccc(F)cc1CC2. The lowest BCUT2D eigenvalue weighted by Gasteiger charge is -2.21. The molecule has 0 fully saturated rings. The van der Waals surface area contributed by atoms with Gasteiger partial charge >= 0.3 is 0 Å². The van der Waals surface area contributed by atoms with E-state index in [9.17, 15) is 13.6 Å². The number of aryl methyl sites for hydroxylation is 2. The number of benzene rings is 3. The molecule has 0 aliphatic heterocycles. The highest BCUT2D eigenvalue weighted by Crippen LogP contribution is 2.35. The third kappa shape index (κ3) is 3.99. The highest BCUT2D eigenvalue weighted by molar-refractivity contribution is 5.95. The Morgan fingerprint density at radius 3 is 2.38 bits per heavy atom. The molecule has 1 aliphatic rings. The van der Waals surface area contributed by atoms with Gasteiger partial charge in [0.1, 0.15) is 17.3 Å². The second-order valence-corrected chi connectivity index (χ2v) is 7.74. The molecule has 1 N–H and O–H groups in total. The quantitative estimate of drug-likeness (QED) is 0.477. The van der Waals surface area contributed by atoms with Gasteiger partial charge in [0.25, 0.3) is 0 Å². The molecule has 4 nitrogen and oxygen atoms in total. The lowest BCUT2D eigenvalue weighted by atomic mass is 9.91. The third-order valence-corrected chi connectivity index (χ3v) is 5.50. The Kier molecular flexibility index (Phi) is 5.19. The number of halogens is 2. The monoisotopic (exact) mass is 427 g/mol. The molecule has 0 saturated carbocycles. The van der Waals surface area contributed by atoms with Gasteiger partial charge in [-0.3, -0.25) is 4.79 Å². The molecule has 1 heterocycles. The maximum absolute atomic E-state index is 13.7. The Bertz CT molecular complexity index is 1300. The van der Waals surface area contributed by atoms with Crippen LogP contribution in [-0.2, 0) is 24.1 Å². The number of fused-ring (bicyclic) bond motifs is 3. The molecule has 1 amide bonds. The first kappa shape index (κ1) is 20.0. The van der Waals surface area contributed by atoms with Crippen molar-refractivity contribution in [1.82, 2.24) is 9.97 Å². The van der Waals surface area contributed by atoms with Crippen LogP contribution in [0.3, 0.4) is 0 Å². The molecule has 1 aliphatic carbocycles. The number of nitrogens with zero attached hydrogens (tertiary/aromatic N) is 2. The van der Waals surface area contributed by atoms with E-state index < -0.39 is 0 Å². The van der Waals surface area contributed by atoms with Crippen molar-refractivity contribution in [2.75, 3.05) is 5.32 Å². The van der Waals surface area contributed by atoms with Crippen molar-refractivity contribution in [3.63, 3.8) is 0 Å². The Hall–Kier alpha value is -3.93. The van der Waals surface area contributed by atoms with Gasteiger partial charge in [0, 0.05) is 11.1 Å². The fraction of sp³-hybridized carbons (Fsp3) is 0.115. The normalized spacial score (nSPS) is 12.1. The Labute approximate surface area is 184 Å². The molecule has 158 valence electrons. The first-order chi connectivity index (χ1) is 15.6. The molecule has 0 bridgehead atoms. The van der Waals surface area contributed by atoms with Crippen LogP contribution in [0.1, 0.15) is 16.8 Å². The molecule has 1 aromatic heterocycles. The maximum Gasteiger partial charge on any atom is 0.230 e.